The minimum atomic E-state index is -0.229. The molecule has 3 aromatic heterocycles. The molecule has 1 amide bonds. The minimum Gasteiger partial charge on any atom is -0.347 e. The molecule has 2 fully saturated rings. The molecular weight excluding hydrogens is 426 g/mol. The van der Waals surface area contributed by atoms with Crippen molar-refractivity contribution in [3.05, 3.63) is 59.4 Å². The Balaban J connectivity index is 1.31. The molecule has 9 heteroatoms. The van der Waals surface area contributed by atoms with Crippen LogP contribution >= 0.6 is 11.6 Å². The molecule has 4 aromatic rings. The highest BCUT2D eigenvalue weighted by Crippen LogP contribution is 2.37. The van der Waals surface area contributed by atoms with Crippen LogP contribution in [0.3, 0.4) is 0 Å². The number of fused-ring (bicyclic) bond motifs is 4. The molecule has 0 saturated carbocycles. The van der Waals surface area contributed by atoms with Crippen molar-refractivity contribution >= 4 is 39.4 Å². The lowest BCUT2D eigenvalue weighted by molar-refractivity contribution is 0.0928. The molecule has 2 saturated heterocycles. The molecule has 8 nitrogen and oxygen atoms in total. The number of carbonyl (C=O) groups excluding carboxylic acids is 1. The van der Waals surface area contributed by atoms with Crippen molar-refractivity contribution < 1.29 is 4.79 Å². The highest BCUT2D eigenvalue weighted by atomic mass is 35.5. The van der Waals surface area contributed by atoms with E-state index < -0.39 is 0 Å². The average molecular weight is 444 g/mol. The summed E-state index contributed by atoms with van der Waals surface area (Å²) >= 11 is 6.53. The second-order valence-corrected chi connectivity index (χ2v) is 8.70. The minimum absolute atomic E-state index is 0.0373. The van der Waals surface area contributed by atoms with Gasteiger partial charge in [-0.15, -0.1) is 0 Å². The van der Waals surface area contributed by atoms with Crippen molar-refractivity contribution in [2.75, 3.05) is 0 Å². The molecule has 0 spiro atoms. The number of aromatic nitrogens is 4. The Bertz CT molecular complexity index is 1430. The van der Waals surface area contributed by atoms with Crippen LogP contribution in [0.5, 0.6) is 0 Å². The number of benzene rings is 1. The topological polar surface area (TPSA) is 99.7 Å². The smallest absolute Gasteiger partial charge is 0.253 e. The van der Waals surface area contributed by atoms with Gasteiger partial charge in [-0.05, 0) is 55.7 Å². The van der Waals surface area contributed by atoms with E-state index in [4.69, 9.17) is 11.6 Å². The molecule has 5 heterocycles. The number of amides is 1. The van der Waals surface area contributed by atoms with E-state index in [1.165, 1.54) is 0 Å². The lowest BCUT2D eigenvalue weighted by Crippen LogP contribution is -2.43. The monoisotopic (exact) mass is 443 g/mol. The number of halogens is 1. The maximum absolute atomic E-state index is 13.0. The van der Waals surface area contributed by atoms with E-state index in [0.717, 1.165) is 35.6 Å². The second kappa shape index (κ2) is 7.18. The van der Waals surface area contributed by atoms with E-state index in [0.29, 0.717) is 22.1 Å². The Kier molecular flexibility index (Phi) is 4.26. The van der Waals surface area contributed by atoms with Gasteiger partial charge >= 0.3 is 0 Å². The van der Waals surface area contributed by atoms with Gasteiger partial charge in [0.05, 0.1) is 34.4 Å². The van der Waals surface area contributed by atoms with E-state index in [2.05, 4.69) is 26.6 Å². The first kappa shape index (κ1) is 19.0. The third-order valence-electron chi connectivity index (χ3n) is 6.54. The van der Waals surface area contributed by atoms with Gasteiger partial charge < -0.3 is 10.2 Å². The lowest BCUT2D eigenvalue weighted by atomic mass is 9.95. The molecule has 0 aliphatic carbocycles. The number of hydrogen-bond acceptors (Lipinski definition) is 6. The molecule has 1 aromatic carbocycles. The number of nitrogens with one attached hydrogen (secondary N) is 1. The van der Waals surface area contributed by atoms with Gasteiger partial charge in [0.2, 0.25) is 0 Å². The first-order chi connectivity index (χ1) is 15.6. The van der Waals surface area contributed by atoms with Crippen LogP contribution < -0.4 is 5.32 Å². The van der Waals surface area contributed by atoms with Crippen molar-refractivity contribution in [3.63, 3.8) is 0 Å². The Morgan fingerprint density at radius 1 is 1.22 bits per heavy atom. The van der Waals surface area contributed by atoms with Crippen molar-refractivity contribution in [2.24, 2.45) is 0 Å². The van der Waals surface area contributed by atoms with Crippen molar-refractivity contribution in [1.29, 1.82) is 5.26 Å². The Labute approximate surface area is 188 Å². The zero-order valence-electron chi connectivity index (χ0n) is 16.9. The number of carbonyl (C=O) groups is 1. The number of rotatable bonds is 3. The van der Waals surface area contributed by atoms with Gasteiger partial charge in [0.1, 0.15) is 0 Å². The Morgan fingerprint density at radius 2 is 2.12 bits per heavy atom. The molecule has 3 atom stereocenters. The van der Waals surface area contributed by atoms with Gasteiger partial charge in [0, 0.05) is 23.0 Å². The van der Waals surface area contributed by atoms with Crippen molar-refractivity contribution in [2.45, 2.75) is 37.4 Å². The summed E-state index contributed by atoms with van der Waals surface area (Å²) in [4.78, 5) is 23.7. The van der Waals surface area contributed by atoms with Crippen LogP contribution in [0.1, 0.15) is 29.6 Å². The lowest BCUT2D eigenvalue weighted by Gasteiger charge is -2.22. The average Bonchev–Trinajstić information content (AvgIpc) is 3.50. The third kappa shape index (κ3) is 2.89. The highest BCUT2D eigenvalue weighted by Gasteiger charge is 2.46. The maximum atomic E-state index is 13.0. The molecule has 2 bridgehead atoms. The largest absolute Gasteiger partial charge is 0.347 e. The molecule has 158 valence electrons. The third-order valence-corrected chi connectivity index (χ3v) is 6.85. The molecule has 2 aliphatic heterocycles. The van der Waals surface area contributed by atoms with E-state index in [1.54, 1.807) is 29.2 Å². The summed E-state index contributed by atoms with van der Waals surface area (Å²) in [7, 11) is 0. The van der Waals surface area contributed by atoms with Gasteiger partial charge in [-0.1, -0.05) is 11.6 Å². The molecule has 0 unspecified atom stereocenters. The van der Waals surface area contributed by atoms with Crippen molar-refractivity contribution in [3.8, 4) is 12.0 Å². The molecule has 0 radical (unpaired) electrons. The van der Waals surface area contributed by atoms with Crippen LogP contribution in [-0.4, -0.2) is 48.7 Å². The van der Waals surface area contributed by atoms with E-state index in [-0.39, 0.29) is 24.0 Å². The number of nitriles is 1. The van der Waals surface area contributed by atoms with Crippen LogP contribution in [0, 0.1) is 11.5 Å². The second-order valence-electron chi connectivity index (χ2n) is 8.29. The fourth-order valence-corrected chi connectivity index (χ4v) is 5.26. The number of hydrogen-bond donors (Lipinski definition) is 1. The van der Waals surface area contributed by atoms with Crippen LogP contribution in [0.15, 0.2) is 48.8 Å². The van der Waals surface area contributed by atoms with Crippen LogP contribution in [0.2, 0.25) is 5.02 Å². The van der Waals surface area contributed by atoms with Crippen LogP contribution in [0.25, 0.3) is 27.8 Å². The zero-order valence-corrected chi connectivity index (χ0v) is 17.7. The molecule has 1 N–H and O–H groups in total. The highest BCUT2D eigenvalue weighted by molar-refractivity contribution is 6.34. The predicted octanol–water partition coefficient (Wildman–Crippen LogP) is 3.44. The maximum Gasteiger partial charge on any atom is 0.253 e. The van der Waals surface area contributed by atoms with E-state index in [1.807, 2.05) is 29.2 Å². The predicted molar refractivity (Wildman–Crippen MR) is 119 cm³/mol. The summed E-state index contributed by atoms with van der Waals surface area (Å²) in [5.74, 6) is 0.395. The van der Waals surface area contributed by atoms with Gasteiger partial charge in [-0.2, -0.15) is 10.4 Å². The Morgan fingerprint density at radius 3 is 2.97 bits per heavy atom. The van der Waals surface area contributed by atoms with E-state index >= 15 is 0 Å². The van der Waals surface area contributed by atoms with Gasteiger partial charge in [0.25, 0.3) is 5.91 Å². The molecule has 2 aliphatic rings. The number of nitrogens with zero attached hydrogens (tertiary/aromatic N) is 6. The fourth-order valence-electron chi connectivity index (χ4n) is 5.01. The summed E-state index contributed by atoms with van der Waals surface area (Å²) in [6.07, 6.45) is 8.40. The molecule has 6 rings (SSSR count). The summed E-state index contributed by atoms with van der Waals surface area (Å²) in [5.41, 5.74) is 1.79. The summed E-state index contributed by atoms with van der Waals surface area (Å²) < 4.78 is 1.69. The zero-order chi connectivity index (χ0) is 21.8. The molecular formula is C23H18ClN7O. The number of pyridine rings is 2. The fraction of sp³-hybridized carbons (Fsp3) is 0.261. The van der Waals surface area contributed by atoms with Crippen LogP contribution in [-0.2, 0) is 0 Å². The molecule has 32 heavy (non-hydrogen) atoms. The summed E-state index contributed by atoms with van der Waals surface area (Å²) in [6.45, 7) is 0. The SMILES string of the molecule is N#CN1[C@H]2CC[C@@H]1[C@H](NC(=O)c1cc3cnn(-c4ccc5cccnc5n4)c3cc1Cl)C2. The Hall–Kier alpha value is -3.70. The first-order valence-electron chi connectivity index (χ1n) is 10.5. The van der Waals surface area contributed by atoms with E-state index in [9.17, 15) is 10.1 Å². The van der Waals surface area contributed by atoms with Gasteiger partial charge in [-0.3, -0.25) is 4.79 Å². The summed E-state index contributed by atoms with van der Waals surface area (Å²) in [5, 5.41) is 19.0. The standard InChI is InChI=1S/C23H18ClN7O/c24-17-10-20-14(11-27-31(20)21-6-3-13-2-1-7-26-22(13)29-21)8-16(17)23(32)28-18-9-15-4-5-19(18)30(15)12-25/h1-3,6-8,10-11,15,18-19H,4-5,9H2,(H,28,32)/t15-,18+,19+/m0/s1. The van der Waals surface area contributed by atoms with Crippen molar-refractivity contribution in [1.82, 2.24) is 30.0 Å². The van der Waals surface area contributed by atoms with Gasteiger partial charge in [0.15, 0.2) is 17.7 Å². The first-order valence-corrected chi connectivity index (χ1v) is 10.9. The van der Waals surface area contributed by atoms with Gasteiger partial charge in [-0.25, -0.2) is 14.6 Å². The normalized spacial score (nSPS) is 21.9. The quantitative estimate of drug-likeness (QED) is 0.487. The van der Waals surface area contributed by atoms with Crippen LogP contribution in [0.4, 0.5) is 0 Å². The summed E-state index contributed by atoms with van der Waals surface area (Å²) in [6, 6.07) is 11.4.